The van der Waals surface area contributed by atoms with Crippen LogP contribution in [0.25, 0.3) is 5.69 Å². The first-order chi connectivity index (χ1) is 14.8. The molecule has 2 aliphatic rings. The number of amides is 4. The molecule has 1 aliphatic heterocycles. The van der Waals surface area contributed by atoms with Crippen LogP contribution in [0.1, 0.15) is 43.7 Å². The minimum atomic E-state index is -0.872. The van der Waals surface area contributed by atoms with Crippen molar-refractivity contribution in [1.82, 2.24) is 25.3 Å². The molecule has 164 valence electrons. The number of rotatable bonds is 5. The number of carbonyl (C=O) groups excluding carboxylic acids is 3. The highest BCUT2D eigenvalue weighted by atomic mass is 32.2. The molecule has 2 aromatic rings. The number of benzene rings is 1. The lowest BCUT2D eigenvalue weighted by atomic mass is 9.77. The van der Waals surface area contributed by atoms with Gasteiger partial charge in [-0.3, -0.25) is 19.6 Å². The second kappa shape index (κ2) is 8.37. The van der Waals surface area contributed by atoms with E-state index in [0.717, 1.165) is 29.1 Å². The summed E-state index contributed by atoms with van der Waals surface area (Å²) in [5, 5.41) is 4.31. The number of thioether (sulfide) groups is 1. The predicted molar refractivity (Wildman–Crippen MR) is 118 cm³/mol. The van der Waals surface area contributed by atoms with Gasteiger partial charge >= 0.3 is 6.03 Å². The van der Waals surface area contributed by atoms with Crippen molar-refractivity contribution >= 4 is 29.6 Å². The van der Waals surface area contributed by atoms with E-state index < -0.39 is 17.5 Å². The average molecular weight is 442 g/mol. The van der Waals surface area contributed by atoms with Crippen molar-refractivity contribution in [2.75, 3.05) is 5.75 Å². The fourth-order valence-electron chi connectivity index (χ4n) is 4.26. The zero-order chi connectivity index (χ0) is 22.2. The van der Waals surface area contributed by atoms with Gasteiger partial charge in [-0.15, -0.1) is 0 Å². The SMILES string of the molecule is Cc1ccc(-n2ccnc2SCC(=O)NN2C(=O)NC3(CCC(C)CC3)C2=O)c(C)c1. The Kier molecular flexibility index (Phi) is 5.79. The van der Waals surface area contributed by atoms with E-state index in [-0.39, 0.29) is 11.7 Å². The van der Waals surface area contributed by atoms with Gasteiger partial charge in [0.05, 0.1) is 11.4 Å². The Hall–Kier alpha value is -2.81. The Labute approximate surface area is 185 Å². The topological polar surface area (TPSA) is 96.3 Å². The highest BCUT2D eigenvalue weighted by Crippen LogP contribution is 2.35. The number of hydrogen-bond acceptors (Lipinski definition) is 5. The molecule has 31 heavy (non-hydrogen) atoms. The molecule has 2 fully saturated rings. The number of aromatic nitrogens is 2. The minimum absolute atomic E-state index is 0.0308. The summed E-state index contributed by atoms with van der Waals surface area (Å²) >= 11 is 1.25. The molecule has 2 N–H and O–H groups in total. The zero-order valence-corrected chi connectivity index (χ0v) is 18.8. The van der Waals surface area contributed by atoms with E-state index in [2.05, 4.69) is 28.7 Å². The summed E-state index contributed by atoms with van der Waals surface area (Å²) < 4.78 is 1.93. The van der Waals surface area contributed by atoms with Crippen molar-refractivity contribution < 1.29 is 14.4 Å². The van der Waals surface area contributed by atoms with E-state index in [1.165, 1.54) is 17.3 Å². The molecule has 1 aliphatic carbocycles. The lowest BCUT2D eigenvalue weighted by Crippen LogP contribution is -2.51. The lowest BCUT2D eigenvalue weighted by Gasteiger charge is -2.33. The van der Waals surface area contributed by atoms with Crippen LogP contribution in [0.4, 0.5) is 4.79 Å². The number of nitrogens with one attached hydrogen (secondary N) is 2. The van der Waals surface area contributed by atoms with Crippen molar-refractivity contribution in [3.8, 4) is 5.69 Å². The van der Waals surface area contributed by atoms with Crippen LogP contribution in [0, 0.1) is 19.8 Å². The van der Waals surface area contributed by atoms with Crippen molar-refractivity contribution in [3.63, 3.8) is 0 Å². The molecule has 1 saturated carbocycles. The first kappa shape index (κ1) is 21.4. The van der Waals surface area contributed by atoms with E-state index in [4.69, 9.17) is 0 Å². The number of imide groups is 1. The Balaban J connectivity index is 1.39. The maximum absolute atomic E-state index is 12.9. The second-order valence-corrected chi connectivity index (χ2v) is 9.47. The van der Waals surface area contributed by atoms with Gasteiger partial charge in [0.25, 0.3) is 5.91 Å². The molecular formula is C22H27N5O3S. The monoisotopic (exact) mass is 441 g/mol. The van der Waals surface area contributed by atoms with E-state index in [9.17, 15) is 14.4 Å². The fraction of sp³-hybridized carbons (Fsp3) is 0.455. The van der Waals surface area contributed by atoms with Crippen LogP contribution >= 0.6 is 11.8 Å². The standard InChI is InChI=1S/C22H27N5O3S/c1-14-6-8-22(9-7-14)19(29)27(20(30)24-22)25-18(28)13-31-21-23-10-11-26(21)17-5-4-15(2)12-16(17)3/h4-5,10-12,14H,6-9,13H2,1-3H3,(H,24,30)(H,25,28). The number of nitrogens with zero attached hydrogens (tertiary/aromatic N) is 3. The molecular weight excluding hydrogens is 414 g/mol. The highest BCUT2D eigenvalue weighted by Gasteiger charge is 2.52. The number of aryl methyl sites for hydroxylation is 2. The van der Waals surface area contributed by atoms with Crippen molar-refractivity contribution in [2.45, 2.75) is 57.1 Å². The molecule has 0 unspecified atom stereocenters. The largest absolute Gasteiger partial charge is 0.344 e. The van der Waals surface area contributed by atoms with Gasteiger partial charge in [0.1, 0.15) is 5.54 Å². The van der Waals surface area contributed by atoms with Gasteiger partial charge in [0, 0.05) is 12.4 Å². The molecule has 1 spiro atoms. The van der Waals surface area contributed by atoms with E-state index in [0.29, 0.717) is 23.9 Å². The molecule has 8 nitrogen and oxygen atoms in total. The molecule has 0 bridgehead atoms. The molecule has 1 aromatic carbocycles. The van der Waals surface area contributed by atoms with E-state index in [1.54, 1.807) is 6.20 Å². The smallest absolute Gasteiger partial charge is 0.322 e. The molecule has 1 aromatic heterocycles. The third kappa shape index (κ3) is 4.19. The summed E-state index contributed by atoms with van der Waals surface area (Å²) in [4.78, 5) is 42.1. The number of carbonyl (C=O) groups is 3. The number of imidazole rings is 1. The van der Waals surface area contributed by atoms with Crippen LogP contribution in [0.3, 0.4) is 0 Å². The average Bonchev–Trinajstić information content (AvgIpc) is 3.27. The van der Waals surface area contributed by atoms with Gasteiger partial charge in [0.15, 0.2) is 5.16 Å². The van der Waals surface area contributed by atoms with Crippen molar-refractivity contribution in [1.29, 1.82) is 0 Å². The summed E-state index contributed by atoms with van der Waals surface area (Å²) in [5.41, 5.74) is 4.88. The van der Waals surface area contributed by atoms with Gasteiger partial charge in [-0.1, -0.05) is 36.4 Å². The summed E-state index contributed by atoms with van der Waals surface area (Å²) in [5.74, 6) is -0.219. The Bertz CT molecular complexity index is 1030. The second-order valence-electron chi connectivity index (χ2n) is 8.53. The van der Waals surface area contributed by atoms with Crippen LogP contribution in [0.5, 0.6) is 0 Å². The molecule has 4 amide bonds. The fourth-order valence-corrected chi connectivity index (χ4v) is 5.02. The van der Waals surface area contributed by atoms with Gasteiger partial charge in [-0.2, -0.15) is 5.01 Å². The van der Waals surface area contributed by atoms with E-state index in [1.807, 2.05) is 36.7 Å². The predicted octanol–water partition coefficient (Wildman–Crippen LogP) is 3.11. The Morgan fingerprint density at radius 1 is 1.29 bits per heavy atom. The Morgan fingerprint density at radius 2 is 2.03 bits per heavy atom. The molecule has 4 rings (SSSR count). The maximum atomic E-state index is 12.9. The highest BCUT2D eigenvalue weighted by molar-refractivity contribution is 7.99. The Morgan fingerprint density at radius 3 is 2.74 bits per heavy atom. The van der Waals surface area contributed by atoms with Crippen LogP contribution in [0.2, 0.25) is 0 Å². The first-order valence-electron chi connectivity index (χ1n) is 10.5. The number of hydrazine groups is 1. The summed E-state index contributed by atoms with van der Waals surface area (Å²) in [7, 11) is 0. The molecule has 1 saturated heterocycles. The van der Waals surface area contributed by atoms with Gasteiger partial charge in [0.2, 0.25) is 5.91 Å². The quantitative estimate of drug-likeness (QED) is 0.549. The molecule has 9 heteroatoms. The van der Waals surface area contributed by atoms with Crippen LogP contribution in [0.15, 0.2) is 35.7 Å². The third-order valence-electron chi connectivity index (χ3n) is 6.08. The third-order valence-corrected chi connectivity index (χ3v) is 7.04. The van der Waals surface area contributed by atoms with Gasteiger partial charge < -0.3 is 5.32 Å². The molecule has 0 atom stereocenters. The number of hydrogen-bond donors (Lipinski definition) is 2. The summed E-state index contributed by atoms with van der Waals surface area (Å²) in [6.45, 7) is 6.22. The van der Waals surface area contributed by atoms with E-state index >= 15 is 0 Å². The van der Waals surface area contributed by atoms with Crippen molar-refractivity contribution in [2.24, 2.45) is 5.92 Å². The molecule has 2 heterocycles. The van der Waals surface area contributed by atoms with Gasteiger partial charge in [-0.25, -0.2) is 9.78 Å². The first-order valence-corrected chi connectivity index (χ1v) is 11.5. The van der Waals surface area contributed by atoms with Crippen LogP contribution < -0.4 is 10.7 Å². The lowest BCUT2D eigenvalue weighted by molar-refractivity contribution is -0.139. The zero-order valence-electron chi connectivity index (χ0n) is 18.0. The minimum Gasteiger partial charge on any atom is -0.322 e. The van der Waals surface area contributed by atoms with Crippen LogP contribution in [-0.4, -0.2) is 43.7 Å². The van der Waals surface area contributed by atoms with Crippen LogP contribution in [-0.2, 0) is 9.59 Å². The maximum Gasteiger partial charge on any atom is 0.344 e. The van der Waals surface area contributed by atoms with Gasteiger partial charge in [-0.05, 0) is 57.1 Å². The normalized spacial score (nSPS) is 23.3. The van der Waals surface area contributed by atoms with Crippen molar-refractivity contribution in [3.05, 3.63) is 41.7 Å². The summed E-state index contributed by atoms with van der Waals surface area (Å²) in [6, 6.07) is 5.59. The molecule has 0 radical (unpaired) electrons. The number of urea groups is 1. The summed E-state index contributed by atoms with van der Waals surface area (Å²) in [6.07, 6.45) is 6.50.